The number of nitrogens with zero attached hydrogens (tertiary/aromatic N) is 3. The van der Waals surface area contributed by atoms with E-state index in [2.05, 4.69) is 5.10 Å². The Bertz CT molecular complexity index is 833. The minimum atomic E-state index is -1.11. The van der Waals surface area contributed by atoms with Crippen molar-refractivity contribution >= 4 is 5.91 Å². The van der Waals surface area contributed by atoms with E-state index < -0.39 is 5.60 Å². The fourth-order valence-corrected chi connectivity index (χ4v) is 3.83. The van der Waals surface area contributed by atoms with E-state index in [1.807, 2.05) is 7.05 Å². The van der Waals surface area contributed by atoms with Gasteiger partial charge in [-0.05, 0) is 49.9 Å². The van der Waals surface area contributed by atoms with Crippen molar-refractivity contribution in [3.8, 4) is 5.75 Å². The molecule has 1 N–H and O–H groups in total. The van der Waals surface area contributed by atoms with Crippen molar-refractivity contribution in [3.05, 3.63) is 47.0 Å². The van der Waals surface area contributed by atoms with Crippen molar-refractivity contribution in [2.75, 3.05) is 19.7 Å². The van der Waals surface area contributed by atoms with E-state index in [-0.39, 0.29) is 24.9 Å². The summed E-state index contributed by atoms with van der Waals surface area (Å²) in [6, 6.07) is 5.67. The number of rotatable bonds is 4. The molecule has 0 spiro atoms. The summed E-state index contributed by atoms with van der Waals surface area (Å²) >= 11 is 0. The van der Waals surface area contributed by atoms with E-state index in [0.29, 0.717) is 24.4 Å². The second kappa shape index (κ2) is 6.39. The lowest BCUT2D eigenvalue weighted by atomic mass is 10.1. The number of fused-ring (bicyclic) bond motifs is 1. The van der Waals surface area contributed by atoms with Crippen LogP contribution in [0.5, 0.6) is 5.75 Å². The molecule has 1 aliphatic carbocycles. The third-order valence-electron chi connectivity index (χ3n) is 5.26. The molecule has 0 unspecified atom stereocenters. The molecule has 0 saturated carbocycles. The standard InChI is InChI=1S/C19H22FN3O3/c1-22-16-4-2-3-15(16)17(21-22)18(24)23-10-9-19(25,11-23)12-26-14-7-5-13(20)6-8-14/h5-8,25H,2-4,9-12H2,1H3/t19-/m0/s1. The molecule has 1 amide bonds. The van der Waals surface area contributed by atoms with Crippen molar-refractivity contribution < 1.29 is 19.0 Å². The summed E-state index contributed by atoms with van der Waals surface area (Å²) in [6.07, 6.45) is 3.34. The monoisotopic (exact) mass is 359 g/mol. The zero-order valence-electron chi connectivity index (χ0n) is 14.7. The highest BCUT2D eigenvalue weighted by molar-refractivity contribution is 5.94. The fourth-order valence-electron chi connectivity index (χ4n) is 3.83. The van der Waals surface area contributed by atoms with Gasteiger partial charge in [-0.1, -0.05) is 0 Å². The Morgan fingerprint density at radius 2 is 2.12 bits per heavy atom. The van der Waals surface area contributed by atoms with Crippen LogP contribution in [0.2, 0.25) is 0 Å². The molecule has 1 aromatic heterocycles. The summed E-state index contributed by atoms with van der Waals surface area (Å²) in [5.41, 5.74) is 1.60. The van der Waals surface area contributed by atoms with Gasteiger partial charge in [0.2, 0.25) is 0 Å². The molecular formula is C19H22FN3O3. The Balaban J connectivity index is 1.42. The first-order valence-corrected chi connectivity index (χ1v) is 8.90. The van der Waals surface area contributed by atoms with Gasteiger partial charge in [0.1, 0.15) is 23.8 Å². The number of likely N-dealkylation sites (tertiary alicyclic amines) is 1. The van der Waals surface area contributed by atoms with E-state index >= 15 is 0 Å². The quantitative estimate of drug-likeness (QED) is 0.902. The zero-order valence-corrected chi connectivity index (χ0v) is 14.7. The molecule has 1 saturated heterocycles. The molecule has 0 bridgehead atoms. The fraction of sp³-hybridized carbons (Fsp3) is 0.474. The predicted octanol–water partition coefficient (Wildman–Crippen LogP) is 1.70. The molecule has 138 valence electrons. The Hall–Kier alpha value is -2.41. The molecule has 1 atom stereocenters. The average Bonchev–Trinajstić information content (AvgIpc) is 3.32. The number of carbonyl (C=O) groups is 1. The molecule has 7 heteroatoms. The van der Waals surface area contributed by atoms with E-state index in [1.165, 1.54) is 24.3 Å². The Morgan fingerprint density at radius 1 is 1.35 bits per heavy atom. The highest BCUT2D eigenvalue weighted by Crippen LogP contribution is 2.29. The van der Waals surface area contributed by atoms with Gasteiger partial charge in [0.05, 0.1) is 6.54 Å². The van der Waals surface area contributed by atoms with Gasteiger partial charge in [-0.2, -0.15) is 5.10 Å². The Morgan fingerprint density at radius 3 is 2.88 bits per heavy atom. The lowest BCUT2D eigenvalue weighted by Gasteiger charge is -2.23. The van der Waals surface area contributed by atoms with Crippen molar-refractivity contribution in [1.29, 1.82) is 0 Å². The molecule has 2 aliphatic rings. The van der Waals surface area contributed by atoms with Crippen molar-refractivity contribution in [2.24, 2.45) is 7.05 Å². The highest BCUT2D eigenvalue weighted by atomic mass is 19.1. The number of halogens is 1. The maximum atomic E-state index is 12.9. The number of β-amino-alcohol motifs (C(OH)–C–C–N with tert-alkyl or cyclic N) is 1. The van der Waals surface area contributed by atoms with Crippen LogP contribution in [0.1, 0.15) is 34.6 Å². The summed E-state index contributed by atoms with van der Waals surface area (Å²) in [6.45, 7) is 0.731. The normalized spacial score (nSPS) is 21.9. The van der Waals surface area contributed by atoms with Gasteiger partial charge in [-0.3, -0.25) is 9.48 Å². The van der Waals surface area contributed by atoms with E-state index in [9.17, 15) is 14.3 Å². The number of carbonyl (C=O) groups excluding carboxylic acids is 1. The van der Waals surface area contributed by atoms with Gasteiger partial charge >= 0.3 is 0 Å². The van der Waals surface area contributed by atoms with E-state index in [1.54, 1.807) is 9.58 Å². The van der Waals surface area contributed by atoms with Crippen LogP contribution in [-0.2, 0) is 19.9 Å². The number of aromatic nitrogens is 2. The number of aryl methyl sites for hydroxylation is 1. The number of aliphatic hydroxyl groups is 1. The lowest BCUT2D eigenvalue weighted by molar-refractivity contribution is 0.00422. The first kappa shape index (κ1) is 17.0. The summed E-state index contributed by atoms with van der Waals surface area (Å²) in [4.78, 5) is 14.5. The maximum Gasteiger partial charge on any atom is 0.274 e. The molecule has 2 heterocycles. The van der Waals surface area contributed by atoms with Gasteiger partial charge in [-0.15, -0.1) is 0 Å². The van der Waals surface area contributed by atoms with Gasteiger partial charge < -0.3 is 14.7 Å². The maximum absolute atomic E-state index is 12.9. The van der Waals surface area contributed by atoms with Crippen molar-refractivity contribution in [1.82, 2.24) is 14.7 Å². The highest BCUT2D eigenvalue weighted by Gasteiger charge is 2.40. The Labute approximate surface area is 151 Å². The third-order valence-corrected chi connectivity index (χ3v) is 5.26. The molecule has 1 fully saturated rings. The van der Waals surface area contributed by atoms with Crippen LogP contribution in [0.4, 0.5) is 4.39 Å². The molecule has 1 aromatic carbocycles. The minimum absolute atomic E-state index is 0.0583. The van der Waals surface area contributed by atoms with Crippen LogP contribution in [0.15, 0.2) is 24.3 Å². The SMILES string of the molecule is Cn1nc(C(=O)N2CC[C@@](O)(COc3ccc(F)cc3)C2)c2c1CCC2. The zero-order chi connectivity index (χ0) is 18.3. The summed E-state index contributed by atoms with van der Waals surface area (Å²) in [5, 5.41) is 15.2. The molecule has 0 radical (unpaired) electrons. The predicted molar refractivity (Wildman–Crippen MR) is 92.6 cm³/mol. The second-order valence-corrected chi connectivity index (χ2v) is 7.19. The van der Waals surface area contributed by atoms with Crippen LogP contribution in [-0.4, -0.2) is 51.0 Å². The smallest absolute Gasteiger partial charge is 0.274 e. The topological polar surface area (TPSA) is 67.6 Å². The van der Waals surface area contributed by atoms with Gasteiger partial charge in [-0.25, -0.2) is 4.39 Å². The second-order valence-electron chi connectivity index (χ2n) is 7.19. The van der Waals surface area contributed by atoms with E-state index in [0.717, 1.165) is 30.5 Å². The molecular weight excluding hydrogens is 337 g/mol. The molecule has 6 nitrogen and oxygen atoms in total. The van der Waals surface area contributed by atoms with Crippen LogP contribution in [0.25, 0.3) is 0 Å². The summed E-state index contributed by atoms with van der Waals surface area (Å²) < 4.78 is 20.3. The number of amides is 1. The molecule has 26 heavy (non-hydrogen) atoms. The van der Waals surface area contributed by atoms with Crippen LogP contribution >= 0.6 is 0 Å². The summed E-state index contributed by atoms with van der Waals surface area (Å²) in [5.74, 6) is 0.0326. The van der Waals surface area contributed by atoms with Crippen LogP contribution in [0, 0.1) is 5.82 Å². The van der Waals surface area contributed by atoms with Crippen LogP contribution in [0.3, 0.4) is 0 Å². The molecule has 2 aromatic rings. The molecule has 1 aliphatic heterocycles. The first-order valence-electron chi connectivity index (χ1n) is 8.90. The number of hydrogen-bond acceptors (Lipinski definition) is 4. The van der Waals surface area contributed by atoms with Crippen LogP contribution < -0.4 is 4.74 Å². The third kappa shape index (κ3) is 3.07. The van der Waals surface area contributed by atoms with Crippen molar-refractivity contribution in [2.45, 2.75) is 31.3 Å². The minimum Gasteiger partial charge on any atom is -0.491 e. The van der Waals surface area contributed by atoms with Crippen molar-refractivity contribution in [3.63, 3.8) is 0 Å². The van der Waals surface area contributed by atoms with E-state index in [4.69, 9.17) is 4.74 Å². The van der Waals surface area contributed by atoms with Gasteiger partial charge in [0, 0.05) is 24.8 Å². The lowest BCUT2D eigenvalue weighted by Crippen LogP contribution is -2.41. The van der Waals surface area contributed by atoms with Gasteiger partial charge in [0.25, 0.3) is 5.91 Å². The summed E-state index contributed by atoms with van der Waals surface area (Å²) in [7, 11) is 1.87. The first-order chi connectivity index (χ1) is 12.5. The largest absolute Gasteiger partial charge is 0.491 e. The van der Waals surface area contributed by atoms with Gasteiger partial charge in [0.15, 0.2) is 5.69 Å². The number of ether oxygens (including phenoxy) is 1. The number of benzene rings is 1. The average molecular weight is 359 g/mol. The number of hydrogen-bond donors (Lipinski definition) is 1. The molecule has 4 rings (SSSR count). The Kier molecular flexibility index (Phi) is 4.19.